The normalized spacial score (nSPS) is 21.8. The lowest BCUT2D eigenvalue weighted by Gasteiger charge is -2.36. The molecule has 1 aliphatic carbocycles. The molecule has 92 valence electrons. The van der Waals surface area contributed by atoms with Crippen LogP contribution < -0.4 is 10.6 Å². The number of pyridine rings is 1. The summed E-state index contributed by atoms with van der Waals surface area (Å²) in [4.78, 5) is 9.40. The van der Waals surface area contributed by atoms with Crippen molar-refractivity contribution in [1.29, 1.82) is 0 Å². The zero-order valence-electron chi connectivity index (χ0n) is 10.2. The Kier molecular flexibility index (Phi) is 2.99. The highest BCUT2D eigenvalue weighted by molar-refractivity contribution is 5.45. The molecule has 1 aromatic rings. The maximum absolute atomic E-state index is 5.55. The van der Waals surface area contributed by atoms with Crippen LogP contribution in [-0.4, -0.2) is 42.1 Å². The van der Waals surface area contributed by atoms with E-state index in [4.69, 9.17) is 5.73 Å². The average Bonchev–Trinajstić information content (AvgIpc) is 3.24. The van der Waals surface area contributed by atoms with Crippen molar-refractivity contribution < 1.29 is 0 Å². The van der Waals surface area contributed by atoms with Gasteiger partial charge in [-0.3, -0.25) is 9.88 Å². The second-order valence-electron chi connectivity index (χ2n) is 4.97. The number of anilines is 1. The first kappa shape index (κ1) is 11.0. The second-order valence-corrected chi connectivity index (χ2v) is 4.97. The van der Waals surface area contributed by atoms with Crippen LogP contribution in [0.3, 0.4) is 0 Å². The number of aromatic nitrogens is 1. The van der Waals surface area contributed by atoms with Gasteiger partial charge < -0.3 is 10.6 Å². The lowest BCUT2D eigenvalue weighted by molar-refractivity contribution is 0.248. The van der Waals surface area contributed by atoms with E-state index in [1.54, 1.807) is 0 Å². The van der Waals surface area contributed by atoms with E-state index in [-0.39, 0.29) is 0 Å². The molecule has 0 radical (unpaired) electrons. The molecule has 0 spiro atoms. The number of hydrogen-bond donors (Lipinski definition) is 1. The molecule has 17 heavy (non-hydrogen) atoms. The summed E-state index contributed by atoms with van der Waals surface area (Å²) in [5.74, 6) is 0. The first-order valence-corrected chi connectivity index (χ1v) is 6.51. The van der Waals surface area contributed by atoms with E-state index >= 15 is 0 Å². The van der Waals surface area contributed by atoms with Crippen molar-refractivity contribution in [2.75, 3.05) is 31.1 Å². The minimum Gasteiger partial charge on any atom is -0.368 e. The molecule has 2 fully saturated rings. The zero-order chi connectivity index (χ0) is 11.7. The summed E-state index contributed by atoms with van der Waals surface area (Å²) in [6.07, 6.45) is 4.77. The Morgan fingerprint density at radius 3 is 2.47 bits per heavy atom. The van der Waals surface area contributed by atoms with Crippen molar-refractivity contribution in [3.8, 4) is 0 Å². The van der Waals surface area contributed by atoms with Crippen LogP contribution in [0.1, 0.15) is 18.5 Å². The van der Waals surface area contributed by atoms with E-state index in [1.165, 1.54) is 31.6 Å². The van der Waals surface area contributed by atoms with Crippen LogP contribution in [0.4, 0.5) is 5.69 Å². The van der Waals surface area contributed by atoms with Gasteiger partial charge in [0.25, 0.3) is 0 Å². The fraction of sp³-hybridized carbons (Fsp3) is 0.615. The Balaban J connectivity index is 1.60. The second kappa shape index (κ2) is 4.63. The number of nitrogens with two attached hydrogens (primary N) is 1. The minimum atomic E-state index is 0.524. The van der Waals surface area contributed by atoms with Crippen LogP contribution in [0.25, 0.3) is 0 Å². The molecule has 1 aromatic heterocycles. The molecule has 2 heterocycles. The predicted molar refractivity (Wildman–Crippen MR) is 68.9 cm³/mol. The summed E-state index contributed by atoms with van der Waals surface area (Å²) in [5.41, 5.74) is 7.75. The van der Waals surface area contributed by atoms with E-state index < -0.39 is 0 Å². The highest BCUT2D eigenvalue weighted by atomic mass is 15.3. The van der Waals surface area contributed by atoms with Crippen molar-refractivity contribution in [3.63, 3.8) is 0 Å². The third kappa shape index (κ3) is 2.42. The van der Waals surface area contributed by atoms with E-state index in [1.807, 2.05) is 12.3 Å². The van der Waals surface area contributed by atoms with Crippen LogP contribution >= 0.6 is 0 Å². The van der Waals surface area contributed by atoms with Crippen molar-refractivity contribution in [2.45, 2.75) is 25.4 Å². The van der Waals surface area contributed by atoms with Crippen molar-refractivity contribution in [1.82, 2.24) is 9.88 Å². The van der Waals surface area contributed by atoms with Crippen molar-refractivity contribution in [3.05, 3.63) is 24.0 Å². The number of piperazine rings is 1. The molecule has 1 aliphatic heterocycles. The van der Waals surface area contributed by atoms with Crippen LogP contribution in [0.2, 0.25) is 0 Å². The fourth-order valence-electron chi connectivity index (χ4n) is 2.51. The summed E-state index contributed by atoms with van der Waals surface area (Å²) < 4.78 is 0. The van der Waals surface area contributed by atoms with Gasteiger partial charge in [-0.05, 0) is 25.0 Å². The van der Waals surface area contributed by atoms with Crippen molar-refractivity contribution in [2.24, 2.45) is 5.73 Å². The van der Waals surface area contributed by atoms with Gasteiger partial charge in [-0.15, -0.1) is 0 Å². The van der Waals surface area contributed by atoms with Crippen LogP contribution in [0.15, 0.2) is 18.3 Å². The third-order valence-electron chi connectivity index (χ3n) is 3.76. The molecule has 0 bridgehead atoms. The average molecular weight is 232 g/mol. The van der Waals surface area contributed by atoms with Crippen molar-refractivity contribution >= 4 is 5.69 Å². The molecule has 4 heteroatoms. The first-order valence-electron chi connectivity index (χ1n) is 6.51. The largest absolute Gasteiger partial charge is 0.368 e. The van der Waals surface area contributed by atoms with Gasteiger partial charge in [-0.25, -0.2) is 0 Å². The number of nitrogens with zero attached hydrogens (tertiary/aromatic N) is 3. The summed E-state index contributed by atoms with van der Waals surface area (Å²) in [7, 11) is 0. The molecule has 2 aliphatic rings. The summed E-state index contributed by atoms with van der Waals surface area (Å²) in [6, 6.07) is 5.07. The molecule has 1 saturated carbocycles. The Hall–Kier alpha value is -1.13. The molecule has 0 aromatic carbocycles. The molecular weight excluding hydrogens is 212 g/mol. The maximum Gasteiger partial charge on any atom is 0.0553 e. The Bertz CT molecular complexity index is 364. The van der Waals surface area contributed by atoms with Gasteiger partial charge >= 0.3 is 0 Å². The standard InChI is InChI=1S/C13H20N4/c14-9-11-1-2-13(10-15-11)17-7-5-16(6-8-17)12-3-4-12/h1-2,10,12H,3-9,14H2. The molecule has 0 atom stereocenters. The van der Waals surface area contributed by atoms with E-state index in [0.717, 1.165) is 24.8 Å². The molecular formula is C13H20N4. The van der Waals surface area contributed by atoms with Crippen LogP contribution in [0, 0.1) is 0 Å². The van der Waals surface area contributed by atoms with Gasteiger partial charge in [0.15, 0.2) is 0 Å². The topological polar surface area (TPSA) is 45.4 Å². The smallest absolute Gasteiger partial charge is 0.0553 e. The van der Waals surface area contributed by atoms with Gasteiger partial charge in [-0.1, -0.05) is 0 Å². The molecule has 1 saturated heterocycles. The monoisotopic (exact) mass is 232 g/mol. The van der Waals surface area contributed by atoms with Crippen LogP contribution in [0.5, 0.6) is 0 Å². The quantitative estimate of drug-likeness (QED) is 0.838. The number of hydrogen-bond acceptors (Lipinski definition) is 4. The molecule has 2 N–H and O–H groups in total. The molecule has 0 unspecified atom stereocenters. The molecule has 4 nitrogen and oxygen atoms in total. The zero-order valence-corrected chi connectivity index (χ0v) is 10.2. The van der Waals surface area contributed by atoms with Gasteiger partial charge in [0.05, 0.1) is 17.6 Å². The lowest BCUT2D eigenvalue weighted by atomic mass is 10.2. The molecule has 0 amide bonds. The predicted octanol–water partition coefficient (Wildman–Crippen LogP) is 0.825. The van der Waals surface area contributed by atoms with Gasteiger partial charge in [0, 0.05) is 38.8 Å². The lowest BCUT2D eigenvalue weighted by Crippen LogP contribution is -2.47. The fourth-order valence-corrected chi connectivity index (χ4v) is 2.51. The van der Waals surface area contributed by atoms with E-state index in [9.17, 15) is 0 Å². The Morgan fingerprint density at radius 1 is 1.18 bits per heavy atom. The Labute approximate surface area is 102 Å². The van der Waals surface area contributed by atoms with Crippen LogP contribution in [-0.2, 0) is 6.54 Å². The summed E-state index contributed by atoms with van der Waals surface area (Å²) in [6.45, 7) is 5.17. The van der Waals surface area contributed by atoms with E-state index in [0.29, 0.717) is 6.54 Å². The molecule has 3 rings (SSSR count). The number of rotatable bonds is 3. The third-order valence-corrected chi connectivity index (χ3v) is 3.76. The highest BCUT2D eigenvalue weighted by Gasteiger charge is 2.31. The van der Waals surface area contributed by atoms with Gasteiger partial charge in [-0.2, -0.15) is 0 Å². The van der Waals surface area contributed by atoms with E-state index in [2.05, 4.69) is 20.9 Å². The minimum absolute atomic E-state index is 0.524. The van der Waals surface area contributed by atoms with Gasteiger partial charge in [0.1, 0.15) is 0 Å². The maximum atomic E-state index is 5.55. The van der Waals surface area contributed by atoms with Gasteiger partial charge in [0.2, 0.25) is 0 Å². The Morgan fingerprint density at radius 2 is 1.94 bits per heavy atom. The highest BCUT2D eigenvalue weighted by Crippen LogP contribution is 2.28. The summed E-state index contributed by atoms with van der Waals surface area (Å²) in [5, 5.41) is 0. The SMILES string of the molecule is NCc1ccc(N2CCN(C3CC3)CC2)cn1. The summed E-state index contributed by atoms with van der Waals surface area (Å²) >= 11 is 0. The first-order chi connectivity index (χ1) is 8.36.